The molecule has 21 heavy (non-hydrogen) atoms. The summed E-state index contributed by atoms with van der Waals surface area (Å²) in [5, 5.41) is 0. The second-order valence-electron chi connectivity index (χ2n) is 4.14. The van der Waals surface area contributed by atoms with E-state index in [-0.39, 0.29) is 0 Å². The summed E-state index contributed by atoms with van der Waals surface area (Å²) in [6.45, 7) is 0.401. The van der Waals surface area contributed by atoms with Gasteiger partial charge < -0.3 is 0 Å². The zero-order valence-corrected chi connectivity index (χ0v) is 10.0. The molecule has 0 aromatic rings. The number of halogens is 12. The van der Waals surface area contributed by atoms with E-state index in [9.17, 15) is 52.7 Å². The van der Waals surface area contributed by atoms with Crippen LogP contribution in [0.2, 0.25) is 0 Å². The summed E-state index contributed by atoms with van der Waals surface area (Å²) in [4.78, 5) is 0. The summed E-state index contributed by atoms with van der Waals surface area (Å²) in [6.07, 6.45) is -10.8. The van der Waals surface area contributed by atoms with Crippen LogP contribution in [0.3, 0.4) is 0 Å². The maximum Gasteiger partial charge on any atom is 0.378 e. The van der Waals surface area contributed by atoms with Crippen LogP contribution >= 0.6 is 0 Å². The van der Waals surface area contributed by atoms with E-state index in [1.807, 2.05) is 0 Å². The van der Waals surface area contributed by atoms with Crippen molar-refractivity contribution in [1.29, 1.82) is 0 Å². The van der Waals surface area contributed by atoms with Crippen LogP contribution in [0.5, 0.6) is 0 Å². The van der Waals surface area contributed by atoms with E-state index in [0.29, 0.717) is 6.92 Å². The molecule has 12 heteroatoms. The van der Waals surface area contributed by atoms with Crippen LogP contribution < -0.4 is 0 Å². The second-order valence-corrected chi connectivity index (χ2v) is 4.14. The second kappa shape index (κ2) is 5.41. The molecule has 0 aliphatic rings. The molecule has 0 atom stereocenters. The van der Waals surface area contributed by atoms with Gasteiger partial charge in [0.05, 0.1) is 6.42 Å². The zero-order valence-electron chi connectivity index (χ0n) is 10.0. The first-order valence-corrected chi connectivity index (χ1v) is 5.13. The Bertz CT molecular complexity index is 358. The quantitative estimate of drug-likeness (QED) is 0.555. The van der Waals surface area contributed by atoms with Crippen LogP contribution in [0.1, 0.15) is 19.8 Å². The average Bonchev–Trinajstić information content (AvgIpc) is 2.26. The third-order valence-electron chi connectivity index (χ3n) is 2.58. The molecule has 0 aliphatic heterocycles. The summed E-state index contributed by atoms with van der Waals surface area (Å²) in [6, 6.07) is 0. The van der Waals surface area contributed by atoms with Crippen LogP contribution in [-0.4, -0.2) is 36.0 Å². The Kier molecular flexibility index (Phi) is 5.20. The highest BCUT2D eigenvalue weighted by molar-refractivity contribution is 5.01. The van der Waals surface area contributed by atoms with Crippen molar-refractivity contribution in [2.75, 3.05) is 0 Å². The fourth-order valence-electron chi connectivity index (χ4n) is 1.16. The van der Waals surface area contributed by atoms with Gasteiger partial charge >= 0.3 is 36.0 Å². The summed E-state index contributed by atoms with van der Waals surface area (Å²) >= 11 is 0. The highest BCUT2D eigenvalue weighted by atomic mass is 19.4. The minimum atomic E-state index is -6.94. The minimum Gasteiger partial charge on any atom is -0.203 e. The lowest BCUT2D eigenvalue weighted by Crippen LogP contribution is -2.60. The number of alkyl halides is 12. The van der Waals surface area contributed by atoms with Gasteiger partial charge in [-0.25, -0.2) is 8.78 Å². The third-order valence-corrected chi connectivity index (χ3v) is 2.58. The van der Waals surface area contributed by atoms with Crippen LogP contribution in [0, 0.1) is 0 Å². The van der Waals surface area contributed by atoms with Gasteiger partial charge in [0.1, 0.15) is 0 Å². The Hall–Kier alpha value is -0.840. The predicted molar refractivity (Wildman–Crippen MR) is 45.6 cm³/mol. The number of hydrogen-bond donors (Lipinski definition) is 0. The van der Waals surface area contributed by atoms with E-state index in [1.165, 1.54) is 0 Å². The molecular weight excluding hydrogens is 336 g/mol. The molecule has 0 aliphatic carbocycles. The topological polar surface area (TPSA) is 0 Å². The molecule has 0 N–H and O–H groups in total. The predicted octanol–water partition coefficient (Wildman–Crippen LogP) is 5.23. The Balaban J connectivity index is 5.60. The lowest BCUT2D eigenvalue weighted by Gasteiger charge is -2.35. The van der Waals surface area contributed by atoms with Gasteiger partial charge in [-0.15, -0.1) is 0 Å². The van der Waals surface area contributed by atoms with Crippen molar-refractivity contribution in [2.45, 2.75) is 55.8 Å². The van der Waals surface area contributed by atoms with Gasteiger partial charge in [0.2, 0.25) is 0 Å². The van der Waals surface area contributed by atoms with E-state index in [4.69, 9.17) is 0 Å². The molecule has 0 aromatic carbocycles. The maximum absolute atomic E-state index is 12.8. The lowest BCUT2D eigenvalue weighted by atomic mass is 9.95. The summed E-state index contributed by atoms with van der Waals surface area (Å²) in [5.41, 5.74) is 0. The molecule has 0 amide bonds. The average molecular weight is 344 g/mol. The highest BCUT2D eigenvalue weighted by Crippen LogP contribution is 2.54. The van der Waals surface area contributed by atoms with Crippen molar-refractivity contribution in [2.24, 2.45) is 0 Å². The van der Waals surface area contributed by atoms with Gasteiger partial charge in [-0.2, -0.15) is 43.9 Å². The lowest BCUT2D eigenvalue weighted by molar-refractivity contribution is -0.356. The maximum atomic E-state index is 12.8. The van der Waals surface area contributed by atoms with Crippen molar-refractivity contribution in [3.63, 3.8) is 0 Å². The van der Waals surface area contributed by atoms with Crippen molar-refractivity contribution < 1.29 is 52.7 Å². The molecule has 128 valence electrons. The molecule has 0 fully saturated rings. The smallest absolute Gasteiger partial charge is 0.203 e. The summed E-state index contributed by atoms with van der Waals surface area (Å²) in [7, 11) is 0. The molecule has 0 radical (unpaired) electrons. The molecule has 0 spiro atoms. The van der Waals surface area contributed by atoms with Crippen molar-refractivity contribution in [1.82, 2.24) is 0 Å². The van der Waals surface area contributed by atoms with Gasteiger partial charge in [0.25, 0.3) is 0 Å². The van der Waals surface area contributed by atoms with Gasteiger partial charge in [-0.3, -0.25) is 0 Å². The number of rotatable bonds is 7. The molecule has 0 unspecified atom stereocenters. The Morgan fingerprint density at radius 2 is 1.05 bits per heavy atom. The largest absolute Gasteiger partial charge is 0.378 e. The SMILES string of the molecule is CCC(F)(F)C(F)(F)CC(F)(F)C(F)(F)C(F)(F)C(F)F. The van der Waals surface area contributed by atoms with Crippen LogP contribution in [0.4, 0.5) is 52.7 Å². The monoisotopic (exact) mass is 344 g/mol. The van der Waals surface area contributed by atoms with Crippen LogP contribution in [0.15, 0.2) is 0 Å². The van der Waals surface area contributed by atoms with Gasteiger partial charge in [0.15, 0.2) is 0 Å². The molecule has 0 saturated carbocycles. The molecule has 0 bridgehead atoms. The van der Waals surface area contributed by atoms with E-state index in [0.717, 1.165) is 0 Å². The molecule has 0 rings (SSSR count). The molecule has 0 saturated heterocycles. The third kappa shape index (κ3) is 3.33. The summed E-state index contributed by atoms with van der Waals surface area (Å²) in [5.74, 6) is -31.1. The van der Waals surface area contributed by atoms with Gasteiger partial charge in [-0.05, 0) is 0 Å². The number of hydrogen-bond acceptors (Lipinski definition) is 0. The molecule has 0 heterocycles. The van der Waals surface area contributed by atoms with Gasteiger partial charge in [-0.1, -0.05) is 6.92 Å². The molecule has 0 aromatic heterocycles. The fraction of sp³-hybridized carbons (Fsp3) is 1.00. The molecular formula is C9H8F12. The van der Waals surface area contributed by atoms with Crippen molar-refractivity contribution in [3.8, 4) is 0 Å². The fourth-order valence-corrected chi connectivity index (χ4v) is 1.16. The standard InChI is InChI=1S/C9H8F12/c1-2-5(12,13)6(14,15)3-7(16,17)9(20,21)8(18,19)4(10)11/h4H,2-3H2,1H3. The minimum absolute atomic E-state index is 0.401. The Labute approximate surface area is 110 Å². The Morgan fingerprint density at radius 1 is 0.667 bits per heavy atom. The van der Waals surface area contributed by atoms with Crippen LogP contribution in [0.25, 0.3) is 0 Å². The van der Waals surface area contributed by atoms with E-state index < -0.39 is 48.9 Å². The first-order valence-electron chi connectivity index (χ1n) is 5.13. The van der Waals surface area contributed by atoms with Crippen LogP contribution in [-0.2, 0) is 0 Å². The first kappa shape index (κ1) is 20.2. The van der Waals surface area contributed by atoms with Crippen molar-refractivity contribution in [3.05, 3.63) is 0 Å². The highest BCUT2D eigenvalue weighted by Gasteiger charge is 2.78. The molecule has 0 nitrogen and oxygen atoms in total. The van der Waals surface area contributed by atoms with E-state index in [2.05, 4.69) is 0 Å². The normalized spacial score (nSPS) is 15.7. The van der Waals surface area contributed by atoms with E-state index in [1.54, 1.807) is 0 Å². The van der Waals surface area contributed by atoms with Gasteiger partial charge in [0, 0.05) is 6.42 Å². The van der Waals surface area contributed by atoms with Crippen molar-refractivity contribution >= 4 is 0 Å². The zero-order chi connectivity index (χ0) is 17.5. The summed E-state index contributed by atoms with van der Waals surface area (Å²) < 4.78 is 150. The first-order chi connectivity index (χ1) is 8.96. The Morgan fingerprint density at radius 3 is 1.33 bits per heavy atom. The van der Waals surface area contributed by atoms with E-state index >= 15 is 0 Å².